The third-order valence-electron chi connectivity index (χ3n) is 8.43. The Morgan fingerprint density at radius 2 is 1.00 bits per heavy atom. The molecule has 6 rings (SSSR count). The zero-order chi connectivity index (χ0) is 27.0. The van der Waals surface area contributed by atoms with Gasteiger partial charge in [-0.3, -0.25) is 4.90 Å². The predicted octanol–water partition coefficient (Wildman–Crippen LogP) is 8.36. The van der Waals surface area contributed by atoms with Gasteiger partial charge in [0, 0.05) is 37.1 Å². The van der Waals surface area contributed by atoms with Crippen LogP contribution in [0.3, 0.4) is 0 Å². The summed E-state index contributed by atoms with van der Waals surface area (Å²) in [5, 5.41) is 4.05. The number of benzene rings is 5. The van der Waals surface area contributed by atoms with Crippen molar-refractivity contribution in [3.05, 3.63) is 179 Å². The quantitative estimate of drug-likeness (QED) is 0.209. The van der Waals surface area contributed by atoms with Crippen LogP contribution in [0, 0.1) is 0 Å². The van der Waals surface area contributed by atoms with Crippen molar-refractivity contribution in [3.8, 4) is 0 Å². The summed E-state index contributed by atoms with van der Waals surface area (Å²) in [6.07, 6.45) is 2.08. The number of piperidine rings is 1. The summed E-state index contributed by atoms with van der Waals surface area (Å²) in [5.41, 5.74) is 6.90. The third-order valence-corrected chi connectivity index (χ3v) is 8.43. The molecule has 2 heteroatoms. The van der Waals surface area contributed by atoms with Crippen molar-refractivity contribution in [2.75, 3.05) is 6.54 Å². The summed E-state index contributed by atoms with van der Waals surface area (Å²) in [6.45, 7) is 1.86. The Kier molecular flexibility index (Phi) is 8.48. The summed E-state index contributed by atoms with van der Waals surface area (Å²) in [6, 6.07) is 56.2. The topological polar surface area (TPSA) is 15.3 Å². The van der Waals surface area contributed by atoms with Gasteiger partial charge in [-0.25, -0.2) is 0 Å². The summed E-state index contributed by atoms with van der Waals surface area (Å²) in [7, 11) is 0. The second-order valence-electron chi connectivity index (χ2n) is 10.9. The Balaban J connectivity index is 1.44. The second-order valence-corrected chi connectivity index (χ2v) is 10.9. The average molecular weight is 523 g/mol. The molecule has 1 fully saturated rings. The maximum atomic E-state index is 4.05. The first-order valence-corrected chi connectivity index (χ1v) is 14.6. The monoisotopic (exact) mass is 522 g/mol. The minimum Gasteiger partial charge on any atom is -0.309 e. The average Bonchev–Trinajstić information content (AvgIpc) is 3.04. The summed E-state index contributed by atoms with van der Waals surface area (Å²) < 4.78 is 0. The van der Waals surface area contributed by atoms with Crippen LogP contribution in [-0.2, 0) is 13.0 Å². The van der Waals surface area contributed by atoms with Crippen LogP contribution in [0.2, 0.25) is 0 Å². The maximum absolute atomic E-state index is 4.05. The molecule has 1 N–H and O–H groups in total. The summed E-state index contributed by atoms with van der Waals surface area (Å²) >= 11 is 0. The Hall–Kier alpha value is -3.98. The summed E-state index contributed by atoms with van der Waals surface area (Å²) in [4.78, 5) is 2.80. The number of likely N-dealkylation sites (tertiary alicyclic amines) is 1. The van der Waals surface area contributed by atoms with E-state index in [1.165, 1.54) is 27.8 Å². The highest BCUT2D eigenvalue weighted by atomic mass is 15.2. The van der Waals surface area contributed by atoms with Gasteiger partial charge in [0.1, 0.15) is 0 Å². The van der Waals surface area contributed by atoms with Gasteiger partial charge in [0.05, 0.1) is 0 Å². The highest BCUT2D eigenvalue weighted by Gasteiger charge is 2.44. The molecule has 0 unspecified atom stereocenters. The van der Waals surface area contributed by atoms with E-state index in [1.807, 2.05) is 0 Å². The molecule has 200 valence electrons. The minimum absolute atomic E-state index is 0.236. The molecule has 5 aromatic carbocycles. The van der Waals surface area contributed by atoms with Crippen LogP contribution in [0.5, 0.6) is 0 Å². The van der Waals surface area contributed by atoms with Crippen LogP contribution >= 0.6 is 0 Å². The lowest BCUT2D eigenvalue weighted by Crippen LogP contribution is -2.51. The van der Waals surface area contributed by atoms with Crippen LogP contribution in [0.1, 0.15) is 52.2 Å². The van der Waals surface area contributed by atoms with Gasteiger partial charge < -0.3 is 5.32 Å². The van der Waals surface area contributed by atoms with Crippen LogP contribution < -0.4 is 5.32 Å². The van der Waals surface area contributed by atoms with Gasteiger partial charge in [0.15, 0.2) is 0 Å². The van der Waals surface area contributed by atoms with Crippen LogP contribution in [0.25, 0.3) is 0 Å². The predicted molar refractivity (Wildman–Crippen MR) is 166 cm³/mol. The fourth-order valence-electron chi connectivity index (χ4n) is 6.54. The van der Waals surface area contributed by atoms with Gasteiger partial charge in [0.25, 0.3) is 0 Å². The van der Waals surface area contributed by atoms with E-state index in [0.717, 1.165) is 25.9 Å². The number of hydrogen-bond acceptors (Lipinski definition) is 2. The smallest absolute Gasteiger partial charge is 0.0437 e. The molecule has 0 saturated carbocycles. The molecule has 0 aliphatic carbocycles. The van der Waals surface area contributed by atoms with E-state index in [4.69, 9.17) is 0 Å². The van der Waals surface area contributed by atoms with Crippen LogP contribution in [-0.4, -0.2) is 17.5 Å². The van der Waals surface area contributed by atoms with E-state index in [0.29, 0.717) is 18.0 Å². The normalized spacial score (nSPS) is 21.2. The lowest BCUT2D eigenvalue weighted by molar-refractivity contribution is 0.0429. The third kappa shape index (κ3) is 6.09. The molecule has 0 amide bonds. The fraction of sp³-hybridized carbons (Fsp3) is 0.211. The van der Waals surface area contributed by atoms with E-state index in [1.54, 1.807) is 0 Å². The van der Waals surface area contributed by atoms with E-state index in [9.17, 15) is 0 Å². The van der Waals surface area contributed by atoms with Gasteiger partial charge in [-0.1, -0.05) is 152 Å². The van der Waals surface area contributed by atoms with E-state index >= 15 is 0 Å². The standard InChI is InChI=1S/C38H38N2/c1-6-16-30(17-7-1)26-27-40-36(32-20-10-3-11-21-32)28-35(39-29-31-18-8-2-9-19-31)37(33-22-12-4-13-23-33)38(40)34-24-14-5-15-25-34/h1-25,35-39H,26-29H2/t35-,36+,37-,38-/m0/s1. The van der Waals surface area contributed by atoms with Crippen molar-refractivity contribution in [2.45, 2.75) is 43.4 Å². The zero-order valence-corrected chi connectivity index (χ0v) is 23.0. The molecule has 5 aromatic rings. The first-order valence-electron chi connectivity index (χ1n) is 14.6. The SMILES string of the molecule is c1ccc(CCN2[C@@H](c3ccccc3)C[C@H](NCc3ccccc3)[C@H](c3ccccc3)[C@@H]2c2ccccc2)cc1. The highest BCUT2D eigenvalue weighted by Crippen LogP contribution is 2.49. The van der Waals surface area contributed by atoms with Gasteiger partial charge in [-0.15, -0.1) is 0 Å². The second kappa shape index (κ2) is 12.9. The molecular weight excluding hydrogens is 484 g/mol. The van der Waals surface area contributed by atoms with Gasteiger partial charge in [-0.2, -0.15) is 0 Å². The fourth-order valence-corrected chi connectivity index (χ4v) is 6.54. The van der Waals surface area contributed by atoms with Gasteiger partial charge in [-0.05, 0) is 40.7 Å². The van der Waals surface area contributed by atoms with Crippen LogP contribution in [0.4, 0.5) is 0 Å². The maximum Gasteiger partial charge on any atom is 0.0437 e. The molecular formula is C38H38N2. The molecule has 0 spiro atoms. The lowest BCUT2D eigenvalue weighted by Gasteiger charge is -2.51. The zero-order valence-electron chi connectivity index (χ0n) is 23.0. The molecule has 1 saturated heterocycles. The molecule has 1 aliphatic heterocycles. The minimum atomic E-state index is 0.236. The molecule has 0 bridgehead atoms. The van der Waals surface area contributed by atoms with Gasteiger partial charge >= 0.3 is 0 Å². The van der Waals surface area contributed by atoms with Crippen LogP contribution in [0.15, 0.2) is 152 Å². The van der Waals surface area contributed by atoms with Crippen molar-refractivity contribution >= 4 is 0 Å². The first-order chi connectivity index (χ1) is 19.9. The number of nitrogens with one attached hydrogen (secondary N) is 1. The number of nitrogens with zero attached hydrogens (tertiary/aromatic N) is 1. The van der Waals surface area contributed by atoms with Crippen molar-refractivity contribution in [1.29, 1.82) is 0 Å². The Labute approximate surface area is 239 Å². The van der Waals surface area contributed by atoms with Crippen molar-refractivity contribution < 1.29 is 0 Å². The van der Waals surface area contributed by atoms with Crippen molar-refractivity contribution in [1.82, 2.24) is 10.2 Å². The number of rotatable bonds is 9. The van der Waals surface area contributed by atoms with E-state index in [-0.39, 0.29) is 6.04 Å². The molecule has 1 aliphatic rings. The molecule has 0 aromatic heterocycles. The highest BCUT2D eigenvalue weighted by molar-refractivity contribution is 5.34. The van der Waals surface area contributed by atoms with Gasteiger partial charge in [0.2, 0.25) is 0 Å². The molecule has 1 heterocycles. The number of hydrogen-bond donors (Lipinski definition) is 1. The molecule has 0 radical (unpaired) electrons. The molecule has 2 nitrogen and oxygen atoms in total. The van der Waals surface area contributed by atoms with Crippen molar-refractivity contribution in [3.63, 3.8) is 0 Å². The Bertz CT molecular complexity index is 1420. The largest absolute Gasteiger partial charge is 0.309 e. The molecule has 4 atom stereocenters. The Morgan fingerprint density at radius 1 is 0.525 bits per heavy atom. The first kappa shape index (κ1) is 26.3. The Morgan fingerprint density at radius 3 is 1.57 bits per heavy atom. The van der Waals surface area contributed by atoms with E-state index in [2.05, 4.69) is 162 Å². The summed E-state index contributed by atoms with van der Waals surface area (Å²) in [5.74, 6) is 0.308. The molecule has 40 heavy (non-hydrogen) atoms. The van der Waals surface area contributed by atoms with E-state index < -0.39 is 0 Å². The lowest BCUT2D eigenvalue weighted by atomic mass is 9.73. The van der Waals surface area contributed by atoms with Crippen molar-refractivity contribution in [2.24, 2.45) is 0 Å².